The average molecular weight is 288 g/mol. The van der Waals surface area contributed by atoms with Crippen LogP contribution in [0, 0.1) is 5.41 Å². The minimum Gasteiger partial charge on any atom is -0.293 e. The standard InChI is InChI=1S/C21H20O/c1-2-15-21(20(22)18-12-7-4-8-13-18)16-9-14-19(21)17-10-5-3-6-11-17/h2-8,10-14H,1,9,15-16H2/t21-/m1/s1. The molecule has 0 aromatic heterocycles. The fourth-order valence-corrected chi connectivity index (χ4v) is 3.46. The van der Waals surface area contributed by atoms with Gasteiger partial charge in [0.1, 0.15) is 0 Å². The summed E-state index contributed by atoms with van der Waals surface area (Å²) in [5.41, 5.74) is 2.62. The summed E-state index contributed by atoms with van der Waals surface area (Å²) in [7, 11) is 0. The van der Waals surface area contributed by atoms with Gasteiger partial charge >= 0.3 is 0 Å². The van der Waals surface area contributed by atoms with Crippen molar-refractivity contribution in [2.45, 2.75) is 19.3 Å². The molecule has 0 bridgehead atoms. The van der Waals surface area contributed by atoms with Crippen molar-refractivity contribution in [3.8, 4) is 0 Å². The molecule has 1 aliphatic carbocycles. The summed E-state index contributed by atoms with van der Waals surface area (Å²) in [6.45, 7) is 3.89. The van der Waals surface area contributed by atoms with Gasteiger partial charge in [-0.05, 0) is 30.4 Å². The van der Waals surface area contributed by atoms with Crippen molar-refractivity contribution < 1.29 is 4.79 Å². The normalized spacial score (nSPS) is 20.5. The number of ketones is 1. The minimum absolute atomic E-state index is 0.209. The molecule has 1 atom stereocenters. The van der Waals surface area contributed by atoms with E-state index < -0.39 is 5.41 Å². The molecule has 0 aliphatic heterocycles. The zero-order valence-electron chi connectivity index (χ0n) is 12.7. The first-order valence-corrected chi connectivity index (χ1v) is 7.75. The number of benzene rings is 2. The molecule has 1 heteroatoms. The molecule has 1 nitrogen and oxygen atoms in total. The van der Waals surface area contributed by atoms with Crippen LogP contribution in [0.3, 0.4) is 0 Å². The predicted octanol–water partition coefficient (Wildman–Crippen LogP) is 5.31. The molecule has 0 spiro atoms. The lowest BCUT2D eigenvalue weighted by Gasteiger charge is -2.30. The summed E-state index contributed by atoms with van der Waals surface area (Å²) < 4.78 is 0. The van der Waals surface area contributed by atoms with Crippen LogP contribution in [0.2, 0.25) is 0 Å². The summed E-state index contributed by atoms with van der Waals surface area (Å²) in [6.07, 6.45) is 6.58. The van der Waals surface area contributed by atoms with Crippen LogP contribution >= 0.6 is 0 Å². The van der Waals surface area contributed by atoms with Crippen LogP contribution in [0.1, 0.15) is 35.2 Å². The highest BCUT2D eigenvalue weighted by Crippen LogP contribution is 2.49. The van der Waals surface area contributed by atoms with E-state index in [2.05, 4.69) is 24.8 Å². The van der Waals surface area contributed by atoms with Crippen LogP contribution in [-0.4, -0.2) is 5.78 Å². The summed E-state index contributed by atoms with van der Waals surface area (Å²) in [5.74, 6) is 0.209. The third-order valence-corrected chi connectivity index (χ3v) is 4.48. The molecule has 2 aromatic carbocycles. The van der Waals surface area contributed by atoms with Crippen molar-refractivity contribution in [1.82, 2.24) is 0 Å². The topological polar surface area (TPSA) is 17.1 Å². The Bertz CT molecular complexity index is 697. The first-order chi connectivity index (χ1) is 10.8. The van der Waals surface area contributed by atoms with Gasteiger partial charge in [0.15, 0.2) is 5.78 Å². The third-order valence-electron chi connectivity index (χ3n) is 4.48. The van der Waals surface area contributed by atoms with E-state index >= 15 is 0 Å². The van der Waals surface area contributed by atoms with E-state index in [9.17, 15) is 4.79 Å². The van der Waals surface area contributed by atoms with E-state index in [4.69, 9.17) is 0 Å². The van der Waals surface area contributed by atoms with Crippen LogP contribution in [0.15, 0.2) is 79.4 Å². The van der Waals surface area contributed by atoms with Crippen LogP contribution in [0.5, 0.6) is 0 Å². The first kappa shape index (κ1) is 14.5. The molecule has 0 saturated heterocycles. The Morgan fingerprint density at radius 1 is 1.05 bits per heavy atom. The molecule has 0 radical (unpaired) electrons. The highest BCUT2D eigenvalue weighted by Gasteiger charge is 2.43. The van der Waals surface area contributed by atoms with Crippen molar-refractivity contribution in [2.24, 2.45) is 5.41 Å². The number of carbonyl (C=O) groups is 1. The van der Waals surface area contributed by atoms with Crippen molar-refractivity contribution in [2.75, 3.05) is 0 Å². The molecule has 110 valence electrons. The predicted molar refractivity (Wildman–Crippen MR) is 91.7 cm³/mol. The lowest BCUT2D eigenvalue weighted by molar-refractivity contribution is 0.0862. The molecule has 0 saturated carbocycles. The SMILES string of the molecule is C=CC[C@@]1(C(=O)c2ccccc2)CCC=C1c1ccccc1. The monoisotopic (exact) mass is 288 g/mol. The maximum Gasteiger partial charge on any atom is 0.173 e. The van der Waals surface area contributed by atoms with Gasteiger partial charge in [0, 0.05) is 5.56 Å². The molecule has 0 unspecified atom stereocenters. The second-order valence-electron chi connectivity index (χ2n) is 5.79. The summed E-state index contributed by atoms with van der Waals surface area (Å²) in [4.78, 5) is 13.3. The van der Waals surface area contributed by atoms with Crippen LogP contribution in [0.25, 0.3) is 5.57 Å². The Morgan fingerprint density at radius 2 is 1.68 bits per heavy atom. The molecule has 22 heavy (non-hydrogen) atoms. The number of hydrogen-bond donors (Lipinski definition) is 0. The molecule has 0 N–H and O–H groups in total. The largest absolute Gasteiger partial charge is 0.293 e. The second kappa shape index (κ2) is 6.15. The molecular formula is C21H20O. The van der Waals surface area contributed by atoms with Gasteiger partial charge in [0.2, 0.25) is 0 Å². The summed E-state index contributed by atoms with van der Waals surface area (Å²) in [6, 6.07) is 19.9. The fourth-order valence-electron chi connectivity index (χ4n) is 3.46. The zero-order chi connectivity index (χ0) is 15.4. The van der Waals surface area contributed by atoms with Gasteiger partial charge in [-0.15, -0.1) is 6.58 Å². The molecular weight excluding hydrogens is 268 g/mol. The number of rotatable bonds is 5. The van der Waals surface area contributed by atoms with E-state index in [0.29, 0.717) is 6.42 Å². The Hall–Kier alpha value is -2.41. The Labute approximate surface area is 132 Å². The van der Waals surface area contributed by atoms with Crippen molar-refractivity contribution in [3.63, 3.8) is 0 Å². The average Bonchev–Trinajstić information content (AvgIpc) is 3.01. The molecule has 0 heterocycles. The minimum atomic E-state index is -0.468. The molecule has 0 amide bonds. The first-order valence-electron chi connectivity index (χ1n) is 7.75. The smallest absolute Gasteiger partial charge is 0.173 e. The Balaban J connectivity index is 2.07. The Kier molecular flexibility index (Phi) is 4.06. The van der Waals surface area contributed by atoms with Gasteiger partial charge in [0.25, 0.3) is 0 Å². The summed E-state index contributed by atoms with van der Waals surface area (Å²) in [5, 5.41) is 0. The van der Waals surface area contributed by atoms with Gasteiger partial charge < -0.3 is 0 Å². The molecule has 1 aliphatic rings. The number of allylic oxidation sites excluding steroid dienone is 3. The van der Waals surface area contributed by atoms with Gasteiger partial charge in [-0.1, -0.05) is 72.8 Å². The lowest BCUT2D eigenvalue weighted by atomic mass is 9.70. The van der Waals surface area contributed by atoms with Gasteiger partial charge in [-0.25, -0.2) is 0 Å². The van der Waals surface area contributed by atoms with E-state index in [-0.39, 0.29) is 5.78 Å². The van der Waals surface area contributed by atoms with Crippen LogP contribution in [0.4, 0.5) is 0 Å². The van der Waals surface area contributed by atoms with Crippen molar-refractivity contribution >= 4 is 11.4 Å². The van der Waals surface area contributed by atoms with Crippen molar-refractivity contribution in [1.29, 1.82) is 0 Å². The van der Waals surface area contributed by atoms with E-state index in [1.807, 2.05) is 54.6 Å². The van der Waals surface area contributed by atoms with Crippen molar-refractivity contribution in [3.05, 3.63) is 90.5 Å². The highest BCUT2D eigenvalue weighted by atomic mass is 16.1. The zero-order valence-corrected chi connectivity index (χ0v) is 12.7. The quantitative estimate of drug-likeness (QED) is 0.538. The molecule has 3 rings (SSSR count). The van der Waals surface area contributed by atoms with E-state index in [1.54, 1.807) is 0 Å². The third kappa shape index (κ3) is 2.43. The molecule has 0 fully saturated rings. The van der Waals surface area contributed by atoms with Crippen LogP contribution in [-0.2, 0) is 0 Å². The molecule has 2 aromatic rings. The lowest BCUT2D eigenvalue weighted by Crippen LogP contribution is -2.30. The maximum atomic E-state index is 13.3. The van der Waals surface area contributed by atoms with Gasteiger partial charge in [0.05, 0.1) is 5.41 Å². The maximum absolute atomic E-state index is 13.3. The van der Waals surface area contributed by atoms with Gasteiger partial charge in [-0.2, -0.15) is 0 Å². The van der Waals surface area contributed by atoms with E-state index in [1.165, 1.54) is 0 Å². The van der Waals surface area contributed by atoms with Crippen LogP contribution < -0.4 is 0 Å². The van der Waals surface area contributed by atoms with E-state index in [0.717, 1.165) is 29.5 Å². The summed E-state index contributed by atoms with van der Waals surface area (Å²) >= 11 is 0. The highest BCUT2D eigenvalue weighted by molar-refractivity contribution is 6.09. The number of hydrogen-bond acceptors (Lipinski definition) is 1. The fraction of sp³-hybridized carbons (Fsp3) is 0.190. The number of Topliss-reactive ketones (excluding diaryl/α,β-unsaturated/α-hetero) is 1. The number of carbonyl (C=O) groups excluding carboxylic acids is 1. The Morgan fingerprint density at radius 3 is 2.32 bits per heavy atom. The second-order valence-corrected chi connectivity index (χ2v) is 5.79. The van der Waals surface area contributed by atoms with Gasteiger partial charge in [-0.3, -0.25) is 4.79 Å².